The van der Waals surface area contributed by atoms with E-state index in [2.05, 4.69) is 31.8 Å². The molecule has 0 aliphatic heterocycles. The van der Waals surface area contributed by atoms with E-state index >= 15 is 0 Å². The lowest BCUT2D eigenvalue weighted by atomic mass is 10.2. The van der Waals surface area contributed by atoms with Gasteiger partial charge in [0.15, 0.2) is 16.6 Å². The molecule has 0 spiro atoms. The number of thiocarbonyl (C=S) groups is 1. The molecule has 0 aliphatic carbocycles. The third kappa shape index (κ3) is 5.04. The molecule has 7 heteroatoms. The van der Waals surface area contributed by atoms with Crippen LogP contribution in [0.3, 0.4) is 0 Å². The molecule has 3 N–H and O–H groups in total. The molecule has 1 aromatic carbocycles. The third-order valence-corrected chi connectivity index (χ3v) is 2.88. The van der Waals surface area contributed by atoms with Gasteiger partial charge in [-0.05, 0) is 59.7 Å². The number of hydrogen-bond donors (Lipinski definition) is 3. The quantitative estimate of drug-likeness (QED) is 0.444. The predicted molar refractivity (Wildman–Crippen MR) is 84.0 cm³/mol. The average Bonchev–Trinajstić information content (AvgIpc) is 2.32. The zero-order valence-corrected chi connectivity index (χ0v) is 13.3. The molecule has 0 amide bonds. The maximum Gasteiger partial charge on any atom is 0.187 e. The smallest absolute Gasteiger partial charge is 0.187 e. The first-order valence-electron chi connectivity index (χ1n) is 5.60. The molecule has 104 valence electrons. The Hall–Kier alpha value is -1.34. The van der Waals surface area contributed by atoms with E-state index in [4.69, 9.17) is 17.0 Å². The first-order chi connectivity index (χ1) is 8.93. The van der Waals surface area contributed by atoms with Gasteiger partial charge in [0.25, 0.3) is 0 Å². The van der Waals surface area contributed by atoms with Crippen LogP contribution >= 0.6 is 28.1 Å². The normalized spacial score (nSPS) is 10.8. The summed E-state index contributed by atoms with van der Waals surface area (Å²) in [4.78, 5) is 0. The maximum atomic E-state index is 9.67. The second kappa shape index (κ2) is 7.30. The Balaban J connectivity index is 2.72. The summed E-state index contributed by atoms with van der Waals surface area (Å²) in [6.45, 7) is 3.97. The predicted octanol–water partition coefficient (Wildman–Crippen LogP) is 2.37. The topological polar surface area (TPSA) is 65.9 Å². The van der Waals surface area contributed by atoms with E-state index < -0.39 is 0 Å². The summed E-state index contributed by atoms with van der Waals surface area (Å²) >= 11 is 8.27. The minimum atomic E-state index is 0.0598. The van der Waals surface area contributed by atoms with Crippen LogP contribution in [0.15, 0.2) is 21.7 Å². The molecule has 0 unspecified atom stereocenters. The second-order valence-electron chi connectivity index (χ2n) is 4.05. The highest BCUT2D eigenvalue weighted by molar-refractivity contribution is 9.10. The van der Waals surface area contributed by atoms with Gasteiger partial charge in [-0.2, -0.15) is 5.10 Å². The minimum absolute atomic E-state index is 0.0598. The van der Waals surface area contributed by atoms with Gasteiger partial charge in [-0.15, -0.1) is 0 Å². The fourth-order valence-electron chi connectivity index (χ4n) is 1.28. The number of phenolic OH excluding ortho intramolecular Hbond substituents is 1. The Morgan fingerprint density at radius 3 is 2.79 bits per heavy atom. The molecular formula is C12H16BrN3O2S. The molecule has 0 fully saturated rings. The fourth-order valence-corrected chi connectivity index (χ4v) is 2.03. The molecule has 0 atom stereocenters. The van der Waals surface area contributed by atoms with Crippen LogP contribution in [-0.4, -0.2) is 29.6 Å². The molecule has 0 heterocycles. The molecule has 0 saturated carbocycles. The van der Waals surface area contributed by atoms with E-state index in [1.807, 2.05) is 13.8 Å². The van der Waals surface area contributed by atoms with Crippen molar-refractivity contribution in [2.45, 2.75) is 19.9 Å². The Morgan fingerprint density at radius 1 is 1.53 bits per heavy atom. The van der Waals surface area contributed by atoms with E-state index in [0.717, 1.165) is 5.56 Å². The van der Waals surface area contributed by atoms with Crippen LogP contribution in [0.4, 0.5) is 0 Å². The fraction of sp³-hybridized carbons (Fsp3) is 0.333. The number of hydrazone groups is 1. The van der Waals surface area contributed by atoms with Gasteiger partial charge in [-0.1, -0.05) is 0 Å². The van der Waals surface area contributed by atoms with Crippen molar-refractivity contribution in [1.82, 2.24) is 10.7 Å². The van der Waals surface area contributed by atoms with Crippen molar-refractivity contribution in [1.29, 1.82) is 0 Å². The molecule has 0 aliphatic rings. The van der Waals surface area contributed by atoms with Gasteiger partial charge in [0, 0.05) is 6.04 Å². The van der Waals surface area contributed by atoms with Gasteiger partial charge in [0.1, 0.15) is 0 Å². The van der Waals surface area contributed by atoms with Crippen molar-refractivity contribution in [3.05, 3.63) is 22.2 Å². The number of benzene rings is 1. The molecule has 19 heavy (non-hydrogen) atoms. The van der Waals surface area contributed by atoms with Crippen LogP contribution in [0.2, 0.25) is 0 Å². The van der Waals surface area contributed by atoms with Gasteiger partial charge in [0.2, 0.25) is 0 Å². The molecule has 0 radical (unpaired) electrons. The van der Waals surface area contributed by atoms with Gasteiger partial charge in [-0.3, -0.25) is 5.43 Å². The summed E-state index contributed by atoms with van der Waals surface area (Å²) in [6, 6.07) is 3.64. The molecule has 1 rings (SSSR count). The highest BCUT2D eigenvalue weighted by atomic mass is 79.9. The van der Waals surface area contributed by atoms with Crippen LogP contribution in [0, 0.1) is 0 Å². The average molecular weight is 346 g/mol. The molecule has 1 aromatic rings. The Labute approximate surface area is 126 Å². The largest absolute Gasteiger partial charge is 0.503 e. The lowest BCUT2D eigenvalue weighted by Crippen LogP contribution is -2.36. The monoisotopic (exact) mass is 345 g/mol. The molecule has 0 aromatic heterocycles. The van der Waals surface area contributed by atoms with E-state index in [-0.39, 0.29) is 11.8 Å². The molecule has 5 nitrogen and oxygen atoms in total. The number of ether oxygens (including phenoxy) is 1. The first kappa shape index (κ1) is 15.7. The number of nitrogens with zero attached hydrogens (tertiary/aromatic N) is 1. The maximum absolute atomic E-state index is 9.67. The number of methoxy groups -OCH3 is 1. The minimum Gasteiger partial charge on any atom is -0.503 e. The van der Waals surface area contributed by atoms with Crippen LogP contribution in [0.25, 0.3) is 0 Å². The van der Waals surface area contributed by atoms with E-state index in [1.54, 1.807) is 18.3 Å². The summed E-state index contributed by atoms with van der Waals surface area (Å²) in [5, 5.41) is 17.1. The Kier molecular flexibility index (Phi) is 6.04. The van der Waals surface area contributed by atoms with Gasteiger partial charge in [0.05, 0.1) is 17.8 Å². The number of nitrogens with one attached hydrogen (secondary N) is 2. The number of hydrogen-bond acceptors (Lipinski definition) is 4. The van der Waals surface area contributed by atoms with Crippen LogP contribution in [0.5, 0.6) is 11.5 Å². The van der Waals surface area contributed by atoms with Crippen molar-refractivity contribution in [2.24, 2.45) is 5.10 Å². The number of aromatic hydroxyl groups is 1. The molecule has 0 saturated heterocycles. The second-order valence-corrected chi connectivity index (χ2v) is 5.31. The Bertz CT molecular complexity index is 492. The van der Waals surface area contributed by atoms with Gasteiger partial charge >= 0.3 is 0 Å². The summed E-state index contributed by atoms with van der Waals surface area (Å²) in [7, 11) is 1.49. The number of phenols is 1. The standard InChI is InChI=1S/C12H16BrN3O2S/c1-7(2)15-12(19)16-14-6-8-4-9(13)11(17)10(5-8)18-3/h4-7,17H,1-3H3,(H2,15,16,19). The van der Waals surface area contributed by atoms with E-state index in [0.29, 0.717) is 15.3 Å². The van der Waals surface area contributed by atoms with Crippen molar-refractivity contribution in [3.63, 3.8) is 0 Å². The highest BCUT2D eigenvalue weighted by Crippen LogP contribution is 2.34. The van der Waals surface area contributed by atoms with Crippen LogP contribution in [0.1, 0.15) is 19.4 Å². The van der Waals surface area contributed by atoms with Crippen molar-refractivity contribution in [3.8, 4) is 11.5 Å². The molecule has 0 bridgehead atoms. The zero-order chi connectivity index (χ0) is 14.4. The zero-order valence-electron chi connectivity index (χ0n) is 10.9. The molecular weight excluding hydrogens is 330 g/mol. The van der Waals surface area contributed by atoms with Gasteiger partial charge < -0.3 is 15.2 Å². The van der Waals surface area contributed by atoms with Crippen LogP contribution in [-0.2, 0) is 0 Å². The number of rotatable bonds is 4. The first-order valence-corrected chi connectivity index (χ1v) is 6.80. The van der Waals surface area contributed by atoms with Crippen molar-refractivity contribution in [2.75, 3.05) is 7.11 Å². The summed E-state index contributed by atoms with van der Waals surface area (Å²) < 4.78 is 5.58. The van der Waals surface area contributed by atoms with Crippen molar-refractivity contribution < 1.29 is 9.84 Å². The third-order valence-electron chi connectivity index (χ3n) is 2.07. The summed E-state index contributed by atoms with van der Waals surface area (Å²) in [6.07, 6.45) is 1.58. The van der Waals surface area contributed by atoms with Crippen molar-refractivity contribution >= 4 is 39.5 Å². The highest BCUT2D eigenvalue weighted by Gasteiger charge is 2.07. The van der Waals surface area contributed by atoms with E-state index in [9.17, 15) is 5.11 Å². The lowest BCUT2D eigenvalue weighted by molar-refractivity contribution is 0.372. The van der Waals surface area contributed by atoms with Gasteiger partial charge in [-0.25, -0.2) is 0 Å². The Morgan fingerprint density at radius 2 is 2.21 bits per heavy atom. The lowest BCUT2D eigenvalue weighted by Gasteiger charge is -2.09. The SMILES string of the molecule is COc1cc(C=NNC(=S)NC(C)C)cc(Br)c1O. The number of halogens is 1. The summed E-state index contributed by atoms with van der Waals surface area (Å²) in [5.41, 5.74) is 3.47. The summed E-state index contributed by atoms with van der Waals surface area (Å²) in [5.74, 6) is 0.434. The van der Waals surface area contributed by atoms with E-state index in [1.165, 1.54) is 7.11 Å². The van der Waals surface area contributed by atoms with Crippen LogP contribution < -0.4 is 15.5 Å².